The molecule has 65 heavy (non-hydrogen) atoms. The number of nitrogens with two attached hydrogens (primary N) is 1. The van der Waals surface area contributed by atoms with Gasteiger partial charge in [-0.25, -0.2) is 4.79 Å². The quantitative estimate of drug-likeness (QED) is 0.0932. The van der Waals surface area contributed by atoms with Crippen molar-refractivity contribution in [1.29, 1.82) is 0 Å². The first-order chi connectivity index (χ1) is 30.3. The molecule has 6 fully saturated rings. The van der Waals surface area contributed by atoms with E-state index in [2.05, 4.69) is 39.9 Å². The lowest BCUT2D eigenvalue weighted by molar-refractivity contribution is -0.306. The zero-order valence-electron chi connectivity index (χ0n) is 40.7. The molecule has 0 spiro atoms. The Hall–Kier alpha value is -3.06. The van der Waals surface area contributed by atoms with E-state index in [1.165, 1.54) is 64.4 Å². The summed E-state index contributed by atoms with van der Waals surface area (Å²) in [5.41, 5.74) is -0.0686. The van der Waals surface area contributed by atoms with Gasteiger partial charge in [0.2, 0.25) is 5.91 Å². The first-order valence-corrected chi connectivity index (χ1v) is 25.3. The normalized spacial score (nSPS) is 46.0. The minimum absolute atomic E-state index is 0.0756. The number of carbonyl (C=O) groups excluding carboxylic acids is 4. The predicted octanol–water partition coefficient (Wildman–Crippen LogP) is 8.14. The summed E-state index contributed by atoms with van der Waals surface area (Å²) in [7, 11) is 0. The maximum Gasteiger partial charge on any atom is 0.412 e. The smallest absolute Gasteiger partial charge is 0.412 e. The number of hydrogen-bond acceptors (Lipinski definition) is 10. The van der Waals surface area contributed by atoms with Crippen LogP contribution in [0.3, 0.4) is 0 Å². The van der Waals surface area contributed by atoms with Crippen LogP contribution in [0.25, 0.3) is 0 Å². The molecule has 19 atom stereocenters. The molecule has 7 unspecified atom stereocenters. The van der Waals surface area contributed by atoms with E-state index < -0.39 is 93.6 Å². The number of Topliss-reactive ketones (excluding diaryl/α,β-unsaturated/α-hetero) is 2. The molecule has 1 aromatic rings. The number of phenolic OH excluding ortho intramolecular Hbond substituents is 1. The van der Waals surface area contributed by atoms with Gasteiger partial charge in [0.25, 0.3) is 0 Å². The molecular formula is C53H80N2O10. The predicted molar refractivity (Wildman–Crippen MR) is 247 cm³/mol. The number of ether oxygens (including phenoxy) is 1. The first-order valence-electron chi connectivity index (χ1n) is 25.3. The summed E-state index contributed by atoms with van der Waals surface area (Å²) in [5, 5.41) is 63.2. The van der Waals surface area contributed by atoms with Crippen LogP contribution >= 0.6 is 0 Å². The highest BCUT2D eigenvalue weighted by molar-refractivity contribution is 6.10. The molecule has 7 aliphatic carbocycles. The molecule has 0 radical (unpaired) electrons. The second kappa shape index (κ2) is 16.6. The number of fused-ring (bicyclic) bond motifs is 8. The Morgan fingerprint density at radius 3 is 2.20 bits per heavy atom. The van der Waals surface area contributed by atoms with E-state index in [0.29, 0.717) is 22.8 Å². The Morgan fingerprint density at radius 2 is 1.55 bits per heavy atom. The number of aliphatic hydroxyl groups excluding tert-OH is 3. The highest BCUT2D eigenvalue weighted by atomic mass is 16.6. The van der Waals surface area contributed by atoms with Crippen LogP contribution in [0.5, 0.6) is 5.75 Å². The first kappa shape index (κ1) is 48.4. The van der Waals surface area contributed by atoms with Crippen LogP contribution in [0.2, 0.25) is 0 Å². The van der Waals surface area contributed by atoms with Crippen molar-refractivity contribution in [3.05, 3.63) is 23.3 Å². The van der Waals surface area contributed by atoms with Gasteiger partial charge < -0.3 is 36.0 Å². The van der Waals surface area contributed by atoms with Crippen LogP contribution in [0.4, 0.5) is 10.5 Å². The van der Waals surface area contributed by atoms with Crippen molar-refractivity contribution in [1.82, 2.24) is 0 Å². The summed E-state index contributed by atoms with van der Waals surface area (Å²) in [6.07, 6.45) is 7.62. The van der Waals surface area contributed by atoms with Gasteiger partial charge in [-0.15, -0.1) is 0 Å². The van der Waals surface area contributed by atoms with E-state index in [1.54, 1.807) is 33.8 Å². The number of hydrogen-bond donors (Lipinski definition) is 7. The van der Waals surface area contributed by atoms with Gasteiger partial charge >= 0.3 is 6.09 Å². The average molecular weight is 905 g/mol. The highest BCUT2D eigenvalue weighted by Crippen LogP contribution is 2.70. The van der Waals surface area contributed by atoms with Crippen molar-refractivity contribution in [2.24, 2.45) is 92.5 Å². The van der Waals surface area contributed by atoms with E-state index in [4.69, 9.17) is 10.5 Å². The number of anilines is 1. The lowest BCUT2D eigenvalue weighted by atomic mass is 9.36. The fraction of sp³-hybridized carbons (Fsp3) is 0.811. The van der Waals surface area contributed by atoms with Gasteiger partial charge in [-0.2, -0.15) is 0 Å². The standard InChI is InChI=1S/C53H80N2O10/c1-25(2)12-11-13-27(5)33-17-18-34-32-15-14-29-24-30(20-22-49(29,7)35(32)21-23-50(33,34)8)65-48(63)55-36-19-16-31-28(6)51(9)40(42(57)37(31)41(36)56)45(60)53(64)44(59)38(46(54)61)43(58)39(26(3)4)52(53,10)47(51)62/h16,19,25-30,32-35,38-40,43,45,47,56,58,60,62,64H,11-15,17-18,20-24H2,1-10H3,(H2,54,61)(H,55,63)/t27-,28+,29-,30?,32?,33?,34?,35?,38+,39-,40+,43?,45?,47+,49-,50+,51-,52-,53-/m0/s1. The summed E-state index contributed by atoms with van der Waals surface area (Å²) in [6.45, 7) is 20.5. The van der Waals surface area contributed by atoms with Crippen molar-refractivity contribution in [2.45, 2.75) is 182 Å². The molecule has 362 valence electrons. The molecule has 7 aliphatic rings. The number of carbonyl (C=O) groups is 4. The fourth-order valence-electron chi connectivity index (χ4n) is 17.5. The van der Waals surface area contributed by atoms with Gasteiger partial charge in [0.1, 0.15) is 23.9 Å². The van der Waals surface area contributed by atoms with Gasteiger partial charge in [0.05, 0.1) is 29.4 Å². The topological polar surface area (TPSA) is 217 Å². The largest absolute Gasteiger partial charge is 0.505 e. The number of aromatic hydroxyl groups is 1. The molecule has 2 amide bonds. The van der Waals surface area contributed by atoms with Crippen molar-refractivity contribution in [3.63, 3.8) is 0 Å². The summed E-state index contributed by atoms with van der Waals surface area (Å²) in [6, 6.07) is 3.09. The van der Waals surface area contributed by atoms with Gasteiger partial charge in [-0.3, -0.25) is 19.7 Å². The van der Waals surface area contributed by atoms with E-state index in [0.717, 1.165) is 55.3 Å². The number of aliphatic hydroxyl groups is 4. The van der Waals surface area contributed by atoms with Crippen LogP contribution < -0.4 is 11.1 Å². The number of nitrogens with one attached hydrogen (secondary N) is 1. The van der Waals surface area contributed by atoms with Crippen LogP contribution in [0.15, 0.2) is 12.1 Å². The van der Waals surface area contributed by atoms with E-state index in [1.807, 2.05) is 0 Å². The number of amides is 2. The van der Waals surface area contributed by atoms with Crippen LogP contribution in [-0.4, -0.2) is 79.1 Å². The Labute approximate surface area is 386 Å². The Morgan fingerprint density at radius 1 is 0.892 bits per heavy atom. The average Bonchev–Trinajstić information content (AvgIpc) is 3.59. The van der Waals surface area contributed by atoms with Crippen LogP contribution in [-0.2, 0) is 14.3 Å². The number of primary amides is 1. The van der Waals surface area contributed by atoms with Crippen LogP contribution in [0.1, 0.15) is 168 Å². The lowest BCUT2D eigenvalue weighted by Crippen LogP contribution is -2.83. The second-order valence-corrected chi connectivity index (χ2v) is 24.4. The van der Waals surface area contributed by atoms with Crippen molar-refractivity contribution < 1.29 is 49.4 Å². The molecule has 12 nitrogen and oxygen atoms in total. The van der Waals surface area contributed by atoms with E-state index in [-0.39, 0.29) is 22.8 Å². The van der Waals surface area contributed by atoms with Gasteiger partial charge in [-0.05, 0) is 139 Å². The van der Waals surface area contributed by atoms with Crippen LogP contribution in [0, 0.1) is 86.8 Å². The minimum atomic E-state index is -2.88. The lowest BCUT2D eigenvalue weighted by Gasteiger charge is -2.69. The third-order valence-corrected chi connectivity index (χ3v) is 20.9. The van der Waals surface area contributed by atoms with Crippen molar-refractivity contribution in [3.8, 4) is 5.75 Å². The van der Waals surface area contributed by atoms with Gasteiger partial charge in [0.15, 0.2) is 17.2 Å². The molecule has 6 saturated carbocycles. The molecule has 8 N–H and O–H groups in total. The molecule has 0 bridgehead atoms. The molecule has 0 heterocycles. The summed E-state index contributed by atoms with van der Waals surface area (Å²) in [5.74, 6) is -4.77. The molecular weight excluding hydrogens is 825 g/mol. The molecule has 8 rings (SSSR count). The molecule has 12 heteroatoms. The summed E-state index contributed by atoms with van der Waals surface area (Å²) in [4.78, 5) is 55.2. The molecule has 0 aliphatic heterocycles. The summed E-state index contributed by atoms with van der Waals surface area (Å²) >= 11 is 0. The Kier molecular flexibility index (Phi) is 12.3. The number of rotatable bonds is 9. The molecule has 0 saturated heterocycles. The second-order valence-electron chi connectivity index (χ2n) is 24.4. The SMILES string of the molecule is CC(C)CCC[C@H](C)C1CCC2C3CC[C@H]4CC(OC(=O)Nc5ccc6c(c5O)C(=O)[C@@H]5C(O)[C@@]7(O)C(=O)[C@H](C(N)=O)C(O)[C@H](C(C)C)[C@@]7(C)[C@H](O)[C@@]5(C)[C@@H]6C)CC[C@]4(C)C3CC[C@@]21C. The van der Waals surface area contributed by atoms with E-state index in [9.17, 15) is 44.7 Å². The Balaban J connectivity index is 0.972. The third kappa shape index (κ3) is 6.76. The maximum atomic E-state index is 14.8. The van der Waals surface area contributed by atoms with Gasteiger partial charge in [0, 0.05) is 10.8 Å². The third-order valence-electron chi connectivity index (χ3n) is 20.9. The van der Waals surface area contributed by atoms with E-state index >= 15 is 0 Å². The minimum Gasteiger partial charge on any atom is -0.505 e. The van der Waals surface area contributed by atoms with Crippen molar-refractivity contribution >= 4 is 29.3 Å². The number of phenols is 1. The van der Waals surface area contributed by atoms with Gasteiger partial charge in [-0.1, -0.05) is 94.6 Å². The Bertz CT molecular complexity index is 2070. The van der Waals surface area contributed by atoms with Crippen molar-refractivity contribution in [2.75, 3.05) is 5.32 Å². The molecule has 0 aromatic heterocycles. The number of ketones is 2. The maximum absolute atomic E-state index is 14.8. The zero-order chi connectivity index (χ0) is 47.7. The highest BCUT2D eigenvalue weighted by Gasteiger charge is 2.80. The monoisotopic (exact) mass is 905 g/mol. The fourth-order valence-corrected chi connectivity index (χ4v) is 17.5. The number of benzene rings is 1. The molecule has 1 aromatic carbocycles. The summed E-state index contributed by atoms with van der Waals surface area (Å²) < 4.78 is 6.09. The zero-order valence-corrected chi connectivity index (χ0v) is 40.7.